The lowest BCUT2D eigenvalue weighted by atomic mass is 9.85. The molecule has 0 aliphatic rings. The standard InChI is InChI=1S/C15H10F4N4O4/c16-9-1-2-10(11(17)5-9)14(24,6-22-8-20-7-21-22)15(18,19)12-3-4-13(27-12)23(25)26/h1-5,7-8,24H,6H2. The molecule has 27 heavy (non-hydrogen) atoms. The largest absolute Gasteiger partial charge is 0.433 e. The summed E-state index contributed by atoms with van der Waals surface area (Å²) in [6, 6.07) is 2.91. The van der Waals surface area contributed by atoms with E-state index in [0.29, 0.717) is 30.3 Å². The summed E-state index contributed by atoms with van der Waals surface area (Å²) in [5.41, 5.74) is -4.28. The topological polar surface area (TPSA) is 107 Å². The van der Waals surface area contributed by atoms with E-state index in [1.807, 2.05) is 0 Å². The van der Waals surface area contributed by atoms with Gasteiger partial charge in [0, 0.05) is 11.6 Å². The van der Waals surface area contributed by atoms with Crippen LogP contribution in [0.5, 0.6) is 0 Å². The smallest absolute Gasteiger partial charge is 0.399 e. The molecule has 3 rings (SSSR count). The SMILES string of the molecule is O=[N+]([O-])c1ccc(C(F)(F)C(O)(Cn2cncn2)c2ccc(F)cc2F)o1. The molecule has 0 saturated carbocycles. The summed E-state index contributed by atoms with van der Waals surface area (Å²) < 4.78 is 63.0. The van der Waals surface area contributed by atoms with Crippen LogP contribution in [0.1, 0.15) is 11.3 Å². The molecule has 1 unspecified atom stereocenters. The molecule has 0 aliphatic heterocycles. The van der Waals surface area contributed by atoms with Gasteiger partial charge in [-0.3, -0.25) is 10.1 Å². The fourth-order valence-electron chi connectivity index (χ4n) is 2.53. The molecule has 0 radical (unpaired) electrons. The van der Waals surface area contributed by atoms with Crippen LogP contribution in [0.2, 0.25) is 0 Å². The lowest BCUT2D eigenvalue weighted by molar-refractivity contribution is -0.403. The maximum atomic E-state index is 15.2. The van der Waals surface area contributed by atoms with Gasteiger partial charge in [0.1, 0.15) is 29.2 Å². The second-order valence-electron chi connectivity index (χ2n) is 5.55. The second kappa shape index (κ2) is 6.46. The van der Waals surface area contributed by atoms with Gasteiger partial charge in [-0.05, 0) is 18.2 Å². The molecule has 1 aromatic carbocycles. The number of aliphatic hydroxyl groups is 1. The molecule has 2 heterocycles. The number of hydrogen-bond donors (Lipinski definition) is 1. The summed E-state index contributed by atoms with van der Waals surface area (Å²) in [6.07, 6.45) is 1.99. The Kier molecular flexibility index (Phi) is 4.43. The zero-order valence-corrected chi connectivity index (χ0v) is 13.2. The van der Waals surface area contributed by atoms with E-state index in [0.717, 1.165) is 17.3 Å². The second-order valence-corrected chi connectivity index (χ2v) is 5.55. The third-order valence-corrected chi connectivity index (χ3v) is 3.83. The van der Waals surface area contributed by atoms with E-state index in [-0.39, 0.29) is 0 Å². The molecule has 8 nitrogen and oxygen atoms in total. The van der Waals surface area contributed by atoms with Crippen molar-refractivity contribution in [3.63, 3.8) is 0 Å². The molecule has 0 fully saturated rings. The third-order valence-electron chi connectivity index (χ3n) is 3.83. The van der Waals surface area contributed by atoms with Crippen molar-refractivity contribution in [2.75, 3.05) is 0 Å². The minimum absolute atomic E-state index is 0.322. The number of alkyl halides is 2. The van der Waals surface area contributed by atoms with Crippen molar-refractivity contribution in [2.45, 2.75) is 18.1 Å². The first-order valence-corrected chi connectivity index (χ1v) is 7.28. The summed E-state index contributed by atoms with van der Waals surface area (Å²) in [4.78, 5) is 13.2. The predicted octanol–water partition coefficient (Wildman–Crippen LogP) is 2.74. The van der Waals surface area contributed by atoms with Gasteiger partial charge >= 0.3 is 11.8 Å². The van der Waals surface area contributed by atoms with Crippen molar-refractivity contribution in [3.8, 4) is 0 Å². The molecular weight excluding hydrogens is 376 g/mol. The van der Waals surface area contributed by atoms with Gasteiger partial charge in [-0.1, -0.05) is 0 Å². The molecule has 142 valence electrons. The van der Waals surface area contributed by atoms with Crippen LogP contribution in [0.15, 0.2) is 47.4 Å². The van der Waals surface area contributed by atoms with Gasteiger partial charge in [0.05, 0.1) is 12.6 Å². The minimum atomic E-state index is -4.36. The Bertz CT molecular complexity index is 976. The van der Waals surface area contributed by atoms with Crippen molar-refractivity contribution in [1.29, 1.82) is 0 Å². The Labute approximate surface area is 147 Å². The quantitative estimate of drug-likeness (QED) is 0.397. The molecule has 1 N–H and O–H groups in total. The zero-order chi connectivity index (χ0) is 19.8. The Hall–Kier alpha value is -3.28. The van der Waals surface area contributed by atoms with Crippen LogP contribution in [0, 0.1) is 21.7 Å². The number of halogens is 4. The lowest BCUT2D eigenvalue weighted by Gasteiger charge is -2.34. The molecule has 1 atom stereocenters. The summed E-state index contributed by atoms with van der Waals surface area (Å²) in [5.74, 6) is -9.12. The lowest BCUT2D eigenvalue weighted by Crippen LogP contribution is -2.47. The van der Waals surface area contributed by atoms with Crippen LogP contribution in [-0.2, 0) is 18.1 Å². The van der Waals surface area contributed by atoms with Crippen LogP contribution in [0.3, 0.4) is 0 Å². The first-order chi connectivity index (χ1) is 12.6. The maximum absolute atomic E-state index is 15.2. The van der Waals surface area contributed by atoms with E-state index in [1.165, 1.54) is 0 Å². The van der Waals surface area contributed by atoms with Gasteiger partial charge in [0.2, 0.25) is 0 Å². The number of hydrogen-bond acceptors (Lipinski definition) is 6. The molecule has 0 aliphatic carbocycles. The zero-order valence-electron chi connectivity index (χ0n) is 13.2. The highest BCUT2D eigenvalue weighted by atomic mass is 19.3. The summed E-state index contributed by atoms with van der Waals surface area (Å²) in [7, 11) is 0. The maximum Gasteiger partial charge on any atom is 0.433 e. The Morgan fingerprint density at radius 2 is 2.00 bits per heavy atom. The van der Waals surface area contributed by atoms with Gasteiger partial charge in [-0.15, -0.1) is 0 Å². The molecule has 3 aromatic rings. The highest BCUT2D eigenvalue weighted by Crippen LogP contribution is 2.48. The number of furan rings is 1. The number of aromatic nitrogens is 3. The van der Waals surface area contributed by atoms with Crippen molar-refractivity contribution in [3.05, 3.63) is 76.1 Å². The molecule has 2 aromatic heterocycles. The van der Waals surface area contributed by atoms with E-state index in [2.05, 4.69) is 14.5 Å². The fourth-order valence-corrected chi connectivity index (χ4v) is 2.53. The van der Waals surface area contributed by atoms with Crippen molar-refractivity contribution in [1.82, 2.24) is 14.8 Å². The summed E-state index contributed by atoms with van der Waals surface area (Å²) >= 11 is 0. The number of nitrogens with zero attached hydrogens (tertiary/aromatic N) is 4. The summed E-state index contributed by atoms with van der Waals surface area (Å²) in [5, 5.41) is 25.1. The van der Waals surface area contributed by atoms with E-state index in [9.17, 15) is 24.0 Å². The van der Waals surface area contributed by atoms with Gasteiger partial charge < -0.3 is 9.52 Å². The van der Waals surface area contributed by atoms with Crippen LogP contribution < -0.4 is 0 Å². The van der Waals surface area contributed by atoms with Gasteiger partial charge in [0.15, 0.2) is 11.4 Å². The minimum Gasteiger partial charge on any atom is -0.399 e. The average Bonchev–Trinajstić information content (AvgIpc) is 3.26. The Balaban J connectivity index is 2.16. The van der Waals surface area contributed by atoms with Crippen LogP contribution in [0.25, 0.3) is 0 Å². The fraction of sp³-hybridized carbons (Fsp3) is 0.200. The van der Waals surface area contributed by atoms with E-state index in [1.54, 1.807) is 0 Å². The first-order valence-electron chi connectivity index (χ1n) is 7.28. The van der Waals surface area contributed by atoms with Gasteiger partial charge in [-0.2, -0.15) is 13.9 Å². The molecule has 0 bridgehead atoms. The molecular formula is C15H10F4N4O4. The van der Waals surface area contributed by atoms with Gasteiger partial charge in [0.25, 0.3) is 0 Å². The highest BCUT2D eigenvalue weighted by molar-refractivity contribution is 5.32. The number of rotatable bonds is 6. The van der Waals surface area contributed by atoms with Crippen molar-refractivity contribution in [2.24, 2.45) is 0 Å². The number of nitro groups is 1. The predicted molar refractivity (Wildman–Crippen MR) is 79.5 cm³/mol. The Morgan fingerprint density at radius 1 is 1.26 bits per heavy atom. The summed E-state index contributed by atoms with van der Waals surface area (Å²) in [6.45, 7) is -1.00. The van der Waals surface area contributed by atoms with Crippen molar-refractivity contribution >= 4 is 5.88 Å². The molecule has 0 saturated heterocycles. The molecule has 0 amide bonds. The average molecular weight is 386 g/mol. The van der Waals surface area contributed by atoms with E-state index >= 15 is 8.78 Å². The number of benzene rings is 1. The highest BCUT2D eigenvalue weighted by Gasteiger charge is 2.59. The van der Waals surface area contributed by atoms with Crippen molar-refractivity contribution < 1.29 is 32.0 Å². The normalized spacial score (nSPS) is 14.1. The monoisotopic (exact) mass is 386 g/mol. The van der Waals surface area contributed by atoms with E-state index in [4.69, 9.17) is 0 Å². The van der Waals surface area contributed by atoms with E-state index < -0.39 is 51.8 Å². The van der Waals surface area contributed by atoms with Crippen LogP contribution in [0.4, 0.5) is 23.4 Å². The third kappa shape index (κ3) is 3.14. The molecule has 12 heteroatoms. The van der Waals surface area contributed by atoms with Crippen LogP contribution >= 0.6 is 0 Å². The Morgan fingerprint density at radius 3 is 2.56 bits per heavy atom. The molecule has 0 spiro atoms. The first kappa shape index (κ1) is 18.5. The van der Waals surface area contributed by atoms with Gasteiger partial charge in [-0.25, -0.2) is 18.4 Å². The van der Waals surface area contributed by atoms with Crippen LogP contribution in [-0.4, -0.2) is 24.8 Å².